The van der Waals surface area contributed by atoms with Gasteiger partial charge in [-0.25, -0.2) is 0 Å². The molecular formula is C8H7NO4S. The van der Waals surface area contributed by atoms with Crippen molar-refractivity contribution in [3.63, 3.8) is 0 Å². The van der Waals surface area contributed by atoms with Crippen molar-refractivity contribution in [2.24, 2.45) is 0 Å². The molecule has 2 rings (SSSR count). The molecule has 5 nitrogen and oxygen atoms in total. The molecule has 0 atom stereocenters. The lowest BCUT2D eigenvalue weighted by molar-refractivity contribution is 0.388. The molecule has 0 unspecified atom stereocenters. The van der Waals surface area contributed by atoms with Crippen molar-refractivity contribution in [2.75, 3.05) is 0 Å². The summed E-state index contributed by atoms with van der Waals surface area (Å²) in [4.78, 5) is 2.81. The second kappa shape index (κ2) is 3.00. The molecule has 1 aromatic carbocycles. The predicted molar refractivity (Wildman–Crippen MR) is 50.5 cm³/mol. The minimum Gasteiger partial charge on any atom is -0.360 e. The van der Waals surface area contributed by atoms with Gasteiger partial charge in [0, 0.05) is 11.6 Å². The van der Waals surface area contributed by atoms with Crippen molar-refractivity contribution in [2.45, 2.75) is 0 Å². The van der Waals surface area contributed by atoms with E-state index >= 15 is 0 Å². The number of aromatic amines is 1. The fourth-order valence-corrected chi connectivity index (χ4v) is 1.60. The smallest absolute Gasteiger partial charge is 0.360 e. The van der Waals surface area contributed by atoms with Crippen LogP contribution in [0, 0.1) is 0 Å². The summed E-state index contributed by atoms with van der Waals surface area (Å²) >= 11 is 0. The Kier molecular flexibility index (Phi) is 1.94. The maximum Gasteiger partial charge on any atom is 0.446 e. The van der Waals surface area contributed by atoms with Gasteiger partial charge >= 0.3 is 10.4 Å². The first kappa shape index (κ1) is 9.04. The van der Waals surface area contributed by atoms with Crippen molar-refractivity contribution in [3.8, 4) is 5.75 Å². The summed E-state index contributed by atoms with van der Waals surface area (Å²) in [6.07, 6.45) is 1.65. The van der Waals surface area contributed by atoms with E-state index in [2.05, 4.69) is 9.17 Å². The highest BCUT2D eigenvalue weighted by atomic mass is 32.3. The minimum absolute atomic E-state index is 0.0787. The van der Waals surface area contributed by atoms with Crippen LogP contribution in [0.25, 0.3) is 10.9 Å². The van der Waals surface area contributed by atoms with Gasteiger partial charge in [-0.3, -0.25) is 4.55 Å². The number of rotatable bonds is 2. The second-order valence-corrected chi connectivity index (χ2v) is 3.73. The SMILES string of the molecule is O=S(=O)(O)Oc1cccc2cc[nH]c12. The van der Waals surface area contributed by atoms with Gasteiger partial charge < -0.3 is 9.17 Å². The first-order valence-corrected chi connectivity index (χ1v) is 5.16. The quantitative estimate of drug-likeness (QED) is 0.738. The fourth-order valence-electron chi connectivity index (χ4n) is 1.24. The molecular weight excluding hydrogens is 206 g/mol. The van der Waals surface area contributed by atoms with Crippen molar-refractivity contribution in [1.29, 1.82) is 0 Å². The van der Waals surface area contributed by atoms with Gasteiger partial charge in [-0.05, 0) is 12.1 Å². The lowest BCUT2D eigenvalue weighted by Gasteiger charge is -2.01. The van der Waals surface area contributed by atoms with Crippen LogP contribution in [-0.2, 0) is 10.4 Å². The molecule has 1 aromatic heterocycles. The van der Waals surface area contributed by atoms with Gasteiger partial charge in [-0.2, -0.15) is 8.42 Å². The molecule has 1 heterocycles. The van der Waals surface area contributed by atoms with Crippen molar-refractivity contribution >= 4 is 21.3 Å². The van der Waals surface area contributed by atoms with E-state index in [1.54, 1.807) is 24.4 Å². The predicted octanol–water partition coefficient (Wildman–Crippen LogP) is 1.35. The summed E-state index contributed by atoms with van der Waals surface area (Å²) in [5, 5.41) is 0.811. The van der Waals surface area contributed by atoms with Crippen LogP contribution < -0.4 is 4.18 Å². The van der Waals surface area contributed by atoms with E-state index < -0.39 is 10.4 Å². The van der Waals surface area contributed by atoms with Crippen molar-refractivity contribution in [1.82, 2.24) is 4.98 Å². The Morgan fingerprint density at radius 1 is 1.29 bits per heavy atom. The molecule has 0 aliphatic carbocycles. The summed E-state index contributed by atoms with van der Waals surface area (Å²) in [6.45, 7) is 0. The normalized spacial score (nSPS) is 11.8. The van der Waals surface area contributed by atoms with Gasteiger partial charge in [-0.1, -0.05) is 12.1 Å². The molecule has 6 heteroatoms. The van der Waals surface area contributed by atoms with Crippen LogP contribution in [0.5, 0.6) is 5.75 Å². The summed E-state index contributed by atoms with van der Waals surface area (Å²) in [6, 6.07) is 6.65. The van der Waals surface area contributed by atoms with Crippen LogP contribution in [0.4, 0.5) is 0 Å². The molecule has 0 fully saturated rings. The minimum atomic E-state index is -4.47. The van der Waals surface area contributed by atoms with Crippen LogP contribution in [0.2, 0.25) is 0 Å². The van der Waals surface area contributed by atoms with Crippen LogP contribution >= 0.6 is 0 Å². The lowest BCUT2D eigenvalue weighted by atomic mass is 10.2. The van der Waals surface area contributed by atoms with E-state index in [9.17, 15) is 8.42 Å². The van der Waals surface area contributed by atoms with Crippen molar-refractivity contribution in [3.05, 3.63) is 30.5 Å². The number of hydrogen-bond donors (Lipinski definition) is 2. The Labute approximate surface area is 80.3 Å². The molecule has 0 bridgehead atoms. The van der Waals surface area contributed by atoms with Crippen molar-refractivity contribution < 1.29 is 17.2 Å². The Morgan fingerprint density at radius 3 is 2.79 bits per heavy atom. The first-order valence-electron chi connectivity index (χ1n) is 3.79. The molecule has 0 amide bonds. The standard InChI is InChI=1S/C8H7NO4S/c10-14(11,12)13-7-3-1-2-6-4-5-9-8(6)7/h1-5,9H,(H,10,11,12). The lowest BCUT2D eigenvalue weighted by Crippen LogP contribution is -2.06. The highest BCUT2D eigenvalue weighted by Gasteiger charge is 2.10. The number of nitrogens with one attached hydrogen (secondary N) is 1. The van der Waals surface area contributed by atoms with Crippen LogP contribution in [-0.4, -0.2) is 18.0 Å². The van der Waals surface area contributed by atoms with E-state index in [0.717, 1.165) is 5.39 Å². The molecule has 0 saturated carbocycles. The number of hydrogen-bond acceptors (Lipinski definition) is 3. The van der Waals surface area contributed by atoms with E-state index in [1.165, 1.54) is 6.07 Å². The molecule has 0 saturated heterocycles. The fraction of sp³-hybridized carbons (Fsp3) is 0. The summed E-state index contributed by atoms with van der Waals surface area (Å²) < 4.78 is 33.8. The Hall–Kier alpha value is -1.53. The maximum absolute atomic E-state index is 10.5. The zero-order chi connectivity index (χ0) is 10.2. The van der Waals surface area contributed by atoms with Gasteiger partial charge in [0.05, 0.1) is 5.52 Å². The third kappa shape index (κ3) is 1.70. The third-order valence-electron chi connectivity index (χ3n) is 1.74. The van der Waals surface area contributed by atoms with E-state index in [1.807, 2.05) is 0 Å². The average Bonchev–Trinajstić information content (AvgIpc) is 2.49. The van der Waals surface area contributed by atoms with Gasteiger partial charge in [0.15, 0.2) is 5.75 Å². The largest absolute Gasteiger partial charge is 0.446 e. The van der Waals surface area contributed by atoms with Gasteiger partial charge in [0.25, 0.3) is 0 Å². The molecule has 0 aliphatic rings. The Bertz CT molecular complexity index is 557. The topological polar surface area (TPSA) is 79.4 Å². The average molecular weight is 213 g/mol. The molecule has 2 aromatic rings. The Morgan fingerprint density at radius 2 is 2.07 bits per heavy atom. The summed E-state index contributed by atoms with van der Waals surface area (Å²) in [5.41, 5.74) is 0.533. The Balaban J connectivity index is 2.57. The molecule has 2 N–H and O–H groups in total. The zero-order valence-electron chi connectivity index (χ0n) is 6.97. The van der Waals surface area contributed by atoms with E-state index in [0.29, 0.717) is 5.52 Å². The molecule has 0 spiro atoms. The third-order valence-corrected chi connectivity index (χ3v) is 2.13. The van der Waals surface area contributed by atoms with Gasteiger partial charge in [0.1, 0.15) is 0 Å². The first-order chi connectivity index (χ1) is 6.56. The van der Waals surface area contributed by atoms with Crippen LogP contribution in [0.3, 0.4) is 0 Å². The molecule has 74 valence electrons. The maximum atomic E-state index is 10.5. The highest BCUT2D eigenvalue weighted by molar-refractivity contribution is 7.81. The number of fused-ring (bicyclic) bond motifs is 1. The number of para-hydroxylation sites is 1. The molecule has 0 aliphatic heterocycles. The van der Waals surface area contributed by atoms with E-state index in [-0.39, 0.29) is 5.75 Å². The van der Waals surface area contributed by atoms with E-state index in [4.69, 9.17) is 4.55 Å². The number of H-pyrrole nitrogens is 1. The number of benzene rings is 1. The van der Waals surface area contributed by atoms with Gasteiger partial charge in [0.2, 0.25) is 0 Å². The summed E-state index contributed by atoms with van der Waals surface area (Å²) in [7, 11) is -4.47. The number of aromatic nitrogens is 1. The highest BCUT2D eigenvalue weighted by Crippen LogP contribution is 2.24. The monoisotopic (exact) mass is 213 g/mol. The second-order valence-electron chi connectivity index (χ2n) is 2.71. The molecule has 0 radical (unpaired) electrons. The zero-order valence-corrected chi connectivity index (χ0v) is 7.78. The summed E-state index contributed by atoms with van der Waals surface area (Å²) in [5.74, 6) is 0.0787. The van der Waals surface area contributed by atoms with Gasteiger partial charge in [-0.15, -0.1) is 0 Å². The van der Waals surface area contributed by atoms with Crippen LogP contribution in [0.15, 0.2) is 30.5 Å². The molecule has 14 heavy (non-hydrogen) atoms. The van der Waals surface area contributed by atoms with Crippen LogP contribution in [0.1, 0.15) is 0 Å².